The van der Waals surface area contributed by atoms with Crippen molar-refractivity contribution in [3.8, 4) is 0 Å². The Morgan fingerprint density at radius 3 is 1.33 bits per heavy atom. The number of hydrogen-bond acceptors (Lipinski definition) is 4. The highest BCUT2D eigenvalue weighted by Gasteiger charge is 2.40. The van der Waals surface area contributed by atoms with Crippen LogP contribution in [0.4, 0.5) is 0 Å². The molecule has 0 aliphatic heterocycles. The van der Waals surface area contributed by atoms with E-state index >= 15 is 0 Å². The first-order valence-electron chi connectivity index (χ1n) is 5.55. The summed E-state index contributed by atoms with van der Waals surface area (Å²) in [6.45, 7) is 0. The lowest BCUT2D eigenvalue weighted by atomic mass is 10.0. The fraction of sp³-hybridized carbons (Fsp3) is 0.500. The van der Waals surface area contributed by atoms with Crippen molar-refractivity contribution in [2.45, 2.75) is 25.7 Å². The normalized spacial score (nSPS) is 25.8. The van der Waals surface area contributed by atoms with Crippen LogP contribution in [0, 0.1) is 11.8 Å². The Morgan fingerprint density at radius 2 is 1.11 bits per heavy atom. The topological polar surface area (TPSA) is 109 Å². The third-order valence-electron chi connectivity index (χ3n) is 2.99. The number of Topliss-reactive ketones (excluding diaryl/α,β-unsaturated/α-hetero) is 2. The number of carboxylic acids is 2. The van der Waals surface area contributed by atoms with Gasteiger partial charge in [0.1, 0.15) is 11.6 Å². The van der Waals surface area contributed by atoms with Crippen LogP contribution >= 0.6 is 0 Å². The molecule has 0 amide bonds. The smallest absolute Gasteiger partial charge is 0.328 e. The van der Waals surface area contributed by atoms with Crippen molar-refractivity contribution in [2.24, 2.45) is 11.8 Å². The van der Waals surface area contributed by atoms with Crippen LogP contribution in [0.3, 0.4) is 0 Å². The van der Waals surface area contributed by atoms with Crippen LogP contribution < -0.4 is 0 Å². The number of carbonyl (C=O) groups excluding carboxylic acids is 2. The van der Waals surface area contributed by atoms with Gasteiger partial charge in [0, 0.05) is 37.8 Å². The molecule has 98 valence electrons. The maximum atomic E-state index is 10.9. The van der Waals surface area contributed by atoms with Crippen molar-refractivity contribution in [1.82, 2.24) is 0 Å². The summed E-state index contributed by atoms with van der Waals surface area (Å²) in [5.74, 6) is -0.926. The van der Waals surface area contributed by atoms with Crippen molar-refractivity contribution >= 4 is 23.5 Å². The fourth-order valence-electron chi connectivity index (χ4n) is 2.29. The van der Waals surface area contributed by atoms with Gasteiger partial charge in [-0.05, 0) is 11.8 Å². The molecular weight excluding hydrogens is 240 g/mol. The first-order valence-corrected chi connectivity index (χ1v) is 5.55. The van der Waals surface area contributed by atoms with E-state index in [2.05, 4.69) is 0 Å². The van der Waals surface area contributed by atoms with Crippen LogP contribution in [-0.4, -0.2) is 33.7 Å². The molecule has 2 aliphatic rings. The molecule has 2 rings (SSSR count). The molecule has 2 fully saturated rings. The van der Waals surface area contributed by atoms with Gasteiger partial charge in [-0.15, -0.1) is 0 Å². The summed E-state index contributed by atoms with van der Waals surface area (Å²) < 4.78 is 0. The average molecular weight is 254 g/mol. The van der Waals surface area contributed by atoms with Gasteiger partial charge in [-0.2, -0.15) is 0 Å². The Balaban J connectivity index is 0.000000187. The predicted molar refractivity (Wildman–Crippen MR) is 59.9 cm³/mol. The number of carbonyl (C=O) groups is 4. The molecule has 0 radical (unpaired) electrons. The van der Waals surface area contributed by atoms with Crippen molar-refractivity contribution in [3.05, 3.63) is 12.2 Å². The van der Waals surface area contributed by atoms with Crippen LogP contribution in [0.5, 0.6) is 0 Å². The van der Waals surface area contributed by atoms with Gasteiger partial charge < -0.3 is 10.2 Å². The third-order valence-corrected chi connectivity index (χ3v) is 2.99. The van der Waals surface area contributed by atoms with E-state index in [4.69, 9.17) is 10.2 Å². The van der Waals surface area contributed by atoms with Crippen molar-refractivity contribution in [1.29, 1.82) is 0 Å². The molecule has 0 saturated heterocycles. The van der Waals surface area contributed by atoms with E-state index in [9.17, 15) is 19.2 Å². The Kier molecular flexibility index (Phi) is 4.76. The van der Waals surface area contributed by atoms with Crippen LogP contribution in [0.25, 0.3) is 0 Å². The average Bonchev–Trinajstić information content (AvgIpc) is 2.71. The van der Waals surface area contributed by atoms with E-state index in [1.165, 1.54) is 0 Å². The van der Waals surface area contributed by atoms with Gasteiger partial charge in [0.15, 0.2) is 0 Å². The van der Waals surface area contributed by atoms with Gasteiger partial charge in [-0.25, -0.2) is 9.59 Å². The summed E-state index contributed by atoms with van der Waals surface area (Å²) in [6.07, 6.45) is 3.82. The highest BCUT2D eigenvalue weighted by molar-refractivity contribution is 5.89. The second-order valence-electron chi connectivity index (χ2n) is 4.42. The van der Waals surface area contributed by atoms with Gasteiger partial charge >= 0.3 is 11.9 Å². The number of rotatable bonds is 2. The summed E-state index contributed by atoms with van der Waals surface area (Å²) >= 11 is 0. The van der Waals surface area contributed by atoms with Gasteiger partial charge in [0.2, 0.25) is 0 Å². The maximum Gasteiger partial charge on any atom is 0.328 e. The molecule has 0 aromatic heterocycles. The van der Waals surface area contributed by atoms with Gasteiger partial charge in [-0.3, -0.25) is 9.59 Å². The molecule has 2 saturated carbocycles. The Hall–Kier alpha value is -1.98. The zero-order chi connectivity index (χ0) is 13.7. The lowest BCUT2D eigenvalue weighted by Crippen LogP contribution is -1.96. The zero-order valence-corrected chi connectivity index (χ0v) is 9.67. The summed E-state index contributed by atoms with van der Waals surface area (Å²) in [6, 6.07) is 0. The van der Waals surface area contributed by atoms with E-state index in [0.29, 0.717) is 61.2 Å². The first kappa shape index (κ1) is 14.1. The van der Waals surface area contributed by atoms with Gasteiger partial charge in [0.25, 0.3) is 0 Å². The zero-order valence-electron chi connectivity index (χ0n) is 9.67. The quantitative estimate of drug-likeness (QED) is 0.700. The largest absolute Gasteiger partial charge is 0.478 e. The molecule has 0 atom stereocenters. The van der Waals surface area contributed by atoms with E-state index in [1.807, 2.05) is 0 Å². The number of ketones is 2. The monoisotopic (exact) mass is 254 g/mol. The Bertz CT molecular complexity index is 355. The first-order chi connectivity index (χ1) is 8.38. The molecule has 0 unspecified atom stereocenters. The summed E-state index contributed by atoms with van der Waals surface area (Å²) in [5, 5.41) is 15.6. The van der Waals surface area contributed by atoms with E-state index in [1.54, 1.807) is 0 Å². The molecule has 0 aromatic rings. The van der Waals surface area contributed by atoms with E-state index in [-0.39, 0.29) is 0 Å². The SMILES string of the molecule is O=C(O)/C=C\C(=O)O.O=C1C[C@H]2CC(=O)C[C@H]2C1. The summed E-state index contributed by atoms with van der Waals surface area (Å²) in [5.41, 5.74) is 0. The lowest BCUT2D eigenvalue weighted by molar-refractivity contribution is -0.134. The minimum Gasteiger partial charge on any atom is -0.478 e. The molecule has 18 heavy (non-hydrogen) atoms. The molecule has 0 bridgehead atoms. The van der Waals surface area contributed by atoms with Crippen molar-refractivity contribution < 1.29 is 29.4 Å². The maximum absolute atomic E-state index is 10.9. The molecule has 0 spiro atoms. The van der Waals surface area contributed by atoms with Crippen LogP contribution in [0.2, 0.25) is 0 Å². The molecule has 2 N–H and O–H groups in total. The molecule has 6 nitrogen and oxygen atoms in total. The Morgan fingerprint density at radius 1 is 0.833 bits per heavy atom. The standard InChI is InChI=1S/C8H10O2.C4H4O4/c9-7-1-5-2-8(10)4-6(5)3-7;5-3(6)1-2-4(7)8/h5-6H,1-4H2;1-2H,(H,5,6)(H,7,8)/b;2-1-/t5-,6+;. The molecule has 0 aromatic carbocycles. The van der Waals surface area contributed by atoms with E-state index in [0.717, 1.165) is 0 Å². The summed E-state index contributed by atoms with van der Waals surface area (Å²) in [7, 11) is 0. The minimum atomic E-state index is -1.26. The van der Waals surface area contributed by atoms with E-state index < -0.39 is 11.9 Å². The van der Waals surface area contributed by atoms with Crippen molar-refractivity contribution in [2.75, 3.05) is 0 Å². The highest BCUT2D eigenvalue weighted by atomic mass is 16.4. The minimum absolute atomic E-state index is 0.363. The van der Waals surface area contributed by atoms with Crippen LogP contribution in [0.15, 0.2) is 12.2 Å². The third kappa shape index (κ3) is 4.48. The number of aliphatic carboxylic acids is 2. The van der Waals surface area contributed by atoms with Gasteiger partial charge in [0.05, 0.1) is 0 Å². The number of carboxylic acid groups (broad SMARTS) is 2. The van der Waals surface area contributed by atoms with Gasteiger partial charge in [-0.1, -0.05) is 0 Å². The highest BCUT2D eigenvalue weighted by Crippen LogP contribution is 2.40. The number of hydrogen-bond donors (Lipinski definition) is 2. The van der Waals surface area contributed by atoms with Crippen LogP contribution in [-0.2, 0) is 19.2 Å². The predicted octanol–water partition coefficient (Wildman–Crippen LogP) is 0.656. The molecular formula is C12H14O6. The van der Waals surface area contributed by atoms with Crippen LogP contribution in [0.1, 0.15) is 25.7 Å². The second-order valence-corrected chi connectivity index (χ2v) is 4.42. The molecule has 0 heterocycles. The fourth-order valence-corrected chi connectivity index (χ4v) is 2.29. The molecule has 2 aliphatic carbocycles. The summed E-state index contributed by atoms with van der Waals surface area (Å²) in [4.78, 5) is 40.8. The molecule has 6 heteroatoms. The Labute approximate surface area is 103 Å². The second kappa shape index (κ2) is 6.09. The van der Waals surface area contributed by atoms with Crippen molar-refractivity contribution in [3.63, 3.8) is 0 Å². The number of fused-ring (bicyclic) bond motifs is 1. The lowest BCUT2D eigenvalue weighted by Gasteiger charge is -2.01.